The monoisotopic (exact) mass is 334 g/mol. The Kier molecular flexibility index (Phi) is 7.53. The van der Waals surface area contributed by atoms with Crippen LogP contribution in [0.2, 0.25) is 0 Å². The van der Waals surface area contributed by atoms with Crippen molar-refractivity contribution in [2.45, 2.75) is 71.6 Å². The molecule has 1 aliphatic rings. The molecule has 25 heavy (non-hydrogen) atoms. The minimum absolute atomic E-state index is 0.453. The minimum Gasteiger partial charge on any atom is -0.133 e. The SMILES string of the molecule is C=C=CCCC=C(CCc1ccc(CC=C)c(CC)c1)C1(C)CCC1. The minimum atomic E-state index is 0.453. The lowest BCUT2D eigenvalue weighted by Gasteiger charge is -2.41. The Morgan fingerprint density at radius 3 is 2.64 bits per heavy atom. The van der Waals surface area contributed by atoms with E-state index >= 15 is 0 Å². The van der Waals surface area contributed by atoms with Gasteiger partial charge in [0.1, 0.15) is 0 Å². The van der Waals surface area contributed by atoms with Crippen molar-refractivity contribution in [3.8, 4) is 0 Å². The fourth-order valence-electron chi connectivity index (χ4n) is 3.92. The lowest BCUT2D eigenvalue weighted by molar-refractivity contribution is 0.207. The molecule has 0 atom stereocenters. The molecule has 0 bridgehead atoms. The zero-order valence-corrected chi connectivity index (χ0v) is 16.2. The van der Waals surface area contributed by atoms with Crippen LogP contribution in [0.5, 0.6) is 0 Å². The van der Waals surface area contributed by atoms with Gasteiger partial charge in [0.15, 0.2) is 0 Å². The van der Waals surface area contributed by atoms with Crippen LogP contribution in [-0.4, -0.2) is 0 Å². The molecule has 0 amide bonds. The van der Waals surface area contributed by atoms with Crippen LogP contribution in [0.3, 0.4) is 0 Å². The van der Waals surface area contributed by atoms with E-state index in [1.165, 1.54) is 42.4 Å². The maximum absolute atomic E-state index is 3.88. The molecule has 0 aliphatic heterocycles. The summed E-state index contributed by atoms with van der Waals surface area (Å²) >= 11 is 0. The Morgan fingerprint density at radius 2 is 2.04 bits per heavy atom. The molecule has 1 fully saturated rings. The summed E-state index contributed by atoms with van der Waals surface area (Å²) in [5.74, 6) is 0. The number of unbranched alkanes of at least 4 members (excludes halogenated alkanes) is 1. The lowest BCUT2D eigenvalue weighted by Crippen LogP contribution is -2.28. The van der Waals surface area contributed by atoms with Crippen LogP contribution in [0.1, 0.15) is 69.1 Å². The summed E-state index contributed by atoms with van der Waals surface area (Å²) in [5.41, 5.74) is 9.39. The highest BCUT2D eigenvalue weighted by molar-refractivity contribution is 5.34. The fourth-order valence-corrected chi connectivity index (χ4v) is 3.92. The zero-order valence-electron chi connectivity index (χ0n) is 16.2. The first kappa shape index (κ1) is 19.5. The maximum Gasteiger partial charge on any atom is -0.00974 e. The van der Waals surface area contributed by atoms with Crippen molar-refractivity contribution in [3.05, 3.63) is 77.6 Å². The molecule has 1 aromatic rings. The molecule has 134 valence electrons. The molecule has 1 aromatic carbocycles. The Bertz CT molecular complexity index is 649. The van der Waals surface area contributed by atoms with Crippen molar-refractivity contribution in [1.82, 2.24) is 0 Å². The summed E-state index contributed by atoms with van der Waals surface area (Å²) in [6.07, 6.45) is 17.2. The van der Waals surface area contributed by atoms with Crippen molar-refractivity contribution in [2.24, 2.45) is 5.41 Å². The molecule has 0 nitrogen and oxygen atoms in total. The first-order valence-corrected chi connectivity index (χ1v) is 9.88. The van der Waals surface area contributed by atoms with E-state index < -0.39 is 0 Å². The second-order valence-electron chi connectivity index (χ2n) is 7.58. The van der Waals surface area contributed by atoms with Gasteiger partial charge in [0, 0.05) is 0 Å². The smallest absolute Gasteiger partial charge is 0.00974 e. The van der Waals surface area contributed by atoms with Gasteiger partial charge in [-0.15, -0.1) is 12.3 Å². The van der Waals surface area contributed by atoms with Gasteiger partial charge in [0.25, 0.3) is 0 Å². The number of hydrogen-bond acceptors (Lipinski definition) is 0. The first-order valence-electron chi connectivity index (χ1n) is 9.88. The molecule has 0 spiro atoms. The van der Waals surface area contributed by atoms with E-state index in [1.54, 1.807) is 5.57 Å². The molecule has 0 N–H and O–H groups in total. The molecule has 0 radical (unpaired) electrons. The number of hydrogen-bond donors (Lipinski definition) is 0. The molecule has 2 rings (SSSR count). The molecule has 0 heteroatoms. The fraction of sp³-hybridized carbons (Fsp3) is 0.480. The quantitative estimate of drug-likeness (QED) is 0.242. The molecule has 1 aliphatic carbocycles. The average molecular weight is 335 g/mol. The number of benzene rings is 1. The molecule has 0 heterocycles. The average Bonchev–Trinajstić information content (AvgIpc) is 2.60. The molecule has 0 aromatic heterocycles. The first-order chi connectivity index (χ1) is 12.1. The van der Waals surface area contributed by atoms with Crippen LogP contribution in [0.4, 0.5) is 0 Å². The van der Waals surface area contributed by atoms with E-state index in [0.717, 1.165) is 32.1 Å². The summed E-state index contributed by atoms with van der Waals surface area (Å²) < 4.78 is 0. The zero-order chi connectivity index (χ0) is 18.1. The molecular weight excluding hydrogens is 300 g/mol. The van der Waals surface area contributed by atoms with Gasteiger partial charge in [-0.1, -0.05) is 62.8 Å². The Labute approximate surface area is 155 Å². The van der Waals surface area contributed by atoms with Crippen molar-refractivity contribution in [2.75, 3.05) is 0 Å². The molecule has 0 unspecified atom stereocenters. The predicted molar refractivity (Wildman–Crippen MR) is 111 cm³/mol. The van der Waals surface area contributed by atoms with Gasteiger partial charge in [-0.25, -0.2) is 0 Å². The van der Waals surface area contributed by atoms with Gasteiger partial charge in [-0.05, 0) is 79.5 Å². The lowest BCUT2D eigenvalue weighted by atomic mass is 9.64. The molecule has 1 saturated carbocycles. The summed E-state index contributed by atoms with van der Waals surface area (Å²) in [4.78, 5) is 0. The van der Waals surface area contributed by atoms with Crippen LogP contribution in [0, 0.1) is 5.41 Å². The van der Waals surface area contributed by atoms with Crippen LogP contribution < -0.4 is 0 Å². The van der Waals surface area contributed by atoms with Crippen molar-refractivity contribution < 1.29 is 0 Å². The second kappa shape index (κ2) is 9.64. The highest BCUT2D eigenvalue weighted by atomic mass is 14.4. The van der Waals surface area contributed by atoms with E-state index in [0.29, 0.717) is 5.41 Å². The van der Waals surface area contributed by atoms with Crippen LogP contribution in [0.25, 0.3) is 0 Å². The third kappa shape index (κ3) is 5.35. The Morgan fingerprint density at radius 1 is 1.24 bits per heavy atom. The van der Waals surface area contributed by atoms with Crippen LogP contribution in [-0.2, 0) is 19.3 Å². The van der Waals surface area contributed by atoms with E-state index in [9.17, 15) is 0 Å². The highest BCUT2D eigenvalue weighted by Crippen LogP contribution is 2.48. The van der Waals surface area contributed by atoms with E-state index in [1.807, 2.05) is 12.2 Å². The van der Waals surface area contributed by atoms with Gasteiger partial charge in [0.05, 0.1) is 0 Å². The molecular formula is C25H34. The Hall–Kier alpha value is -1.78. The normalized spacial score (nSPS) is 16.0. The largest absolute Gasteiger partial charge is 0.133 e. The van der Waals surface area contributed by atoms with Gasteiger partial charge in [-0.2, -0.15) is 0 Å². The third-order valence-electron chi connectivity index (χ3n) is 5.78. The summed E-state index contributed by atoms with van der Waals surface area (Å²) in [5, 5.41) is 0. The van der Waals surface area contributed by atoms with Crippen LogP contribution >= 0.6 is 0 Å². The Balaban J connectivity index is 2.06. The molecule has 0 saturated heterocycles. The standard InChI is InChI=1S/C25H34/c1-5-8-9-10-13-24(25(4)18-11-19-25)17-15-21-14-16-23(12-6-2)22(7-3)20-21/h6,8,13-14,16,20H,1-2,7,9-12,15,17-19H2,3-4H3. The van der Waals surface area contributed by atoms with Gasteiger partial charge in [-0.3, -0.25) is 0 Å². The predicted octanol–water partition coefficient (Wildman–Crippen LogP) is 7.15. The second-order valence-corrected chi connectivity index (χ2v) is 7.58. The topological polar surface area (TPSA) is 0 Å². The summed E-state index contributed by atoms with van der Waals surface area (Å²) in [7, 11) is 0. The number of aryl methyl sites for hydroxylation is 2. The van der Waals surface area contributed by atoms with Crippen molar-refractivity contribution >= 4 is 0 Å². The van der Waals surface area contributed by atoms with E-state index in [4.69, 9.17) is 0 Å². The van der Waals surface area contributed by atoms with Gasteiger partial charge in [0.2, 0.25) is 0 Å². The summed E-state index contributed by atoms with van der Waals surface area (Å²) in [6, 6.07) is 7.04. The van der Waals surface area contributed by atoms with Crippen molar-refractivity contribution in [1.29, 1.82) is 0 Å². The van der Waals surface area contributed by atoms with Gasteiger partial charge < -0.3 is 0 Å². The van der Waals surface area contributed by atoms with E-state index in [-0.39, 0.29) is 0 Å². The number of allylic oxidation sites excluding steroid dienone is 4. The van der Waals surface area contributed by atoms with Crippen LogP contribution in [0.15, 0.2) is 60.9 Å². The number of rotatable bonds is 10. The summed E-state index contributed by atoms with van der Waals surface area (Å²) in [6.45, 7) is 12.2. The van der Waals surface area contributed by atoms with E-state index in [2.05, 4.69) is 57.0 Å². The van der Waals surface area contributed by atoms with Crippen molar-refractivity contribution in [3.63, 3.8) is 0 Å². The van der Waals surface area contributed by atoms with Gasteiger partial charge >= 0.3 is 0 Å². The highest BCUT2D eigenvalue weighted by Gasteiger charge is 2.34. The third-order valence-corrected chi connectivity index (χ3v) is 5.78. The maximum atomic E-state index is 3.88.